The van der Waals surface area contributed by atoms with Crippen molar-refractivity contribution in [2.45, 2.75) is 39.4 Å². The lowest BCUT2D eigenvalue weighted by atomic mass is 9.91. The van der Waals surface area contributed by atoms with Crippen LogP contribution in [0.2, 0.25) is 5.02 Å². The predicted octanol–water partition coefficient (Wildman–Crippen LogP) is 8.60. The van der Waals surface area contributed by atoms with Gasteiger partial charge in [0.2, 0.25) is 0 Å². The minimum atomic E-state index is -1.16. The van der Waals surface area contributed by atoms with E-state index in [9.17, 15) is 9.90 Å². The summed E-state index contributed by atoms with van der Waals surface area (Å²) in [6, 6.07) is 19.3. The third-order valence-corrected chi connectivity index (χ3v) is 7.83. The number of benzene rings is 3. The van der Waals surface area contributed by atoms with Crippen LogP contribution in [0.3, 0.4) is 0 Å². The van der Waals surface area contributed by atoms with Gasteiger partial charge in [0, 0.05) is 39.7 Å². The molecule has 5 aromatic rings. The molecule has 1 N–H and O–H groups in total. The highest BCUT2D eigenvalue weighted by molar-refractivity contribution is 7.22. The standard InChI is InChI=1S/C32H29ClN2O4S/c1-18-15-24-29(27(19-9-11-22(33)12-10-19)26(18)28(31(36)37)39-32(2,3)4)40-30(35-24)21-8-6-7-20(16-21)23-17-34-14-13-25(23)38-5/h6-17,28H,1-5H3,(H,36,37). The van der Waals surface area contributed by atoms with Crippen LogP contribution in [0.15, 0.2) is 73.1 Å². The highest BCUT2D eigenvalue weighted by atomic mass is 35.5. The maximum absolute atomic E-state index is 12.6. The summed E-state index contributed by atoms with van der Waals surface area (Å²) < 4.78 is 12.5. The monoisotopic (exact) mass is 572 g/mol. The Morgan fingerprint density at radius 1 is 1.02 bits per heavy atom. The zero-order chi connectivity index (χ0) is 28.6. The van der Waals surface area contributed by atoms with Crippen molar-refractivity contribution < 1.29 is 19.4 Å². The maximum Gasteiger partial charge on any atom is 0.337 e. The smallest absolute Gasteiger partial charge is 0.337 e. The van der Waals surface area contributed by atoms with Gasteiger partial charge >= 0.3 is 5.97 Å². The van der Waals surface area contributed by atoms with Gasteiger partial charge in [0.1, 0.15) is 10.8 Å². The molecule has 0 saturated heterocycles. The van der Waals surface area contributed by atoms with Crippen molar-refractivity contribution in [2.75, 3.05) is 7.11 Å². The maximum atomic E-state index is 12.6. The second-order valence-electron chi connectivity index (χ2n) is 10.5. The Bertz CT molecular complexity index is 1710. The number of nitrogens with zero attached hydrogens (tertiary/aromatic N) is 2. The molecule has 204 valence electrons. The van der Waals surface area contributed by atoms with Crippen molar-refractivity contribution in [3.8, 4) is 38.6 Å². The number of fused-ring (bicyclic) bond motifs is 1. The van der Waals surface area contributed by atoms with Crippen LogP contribution in [0.5, 0.6) is 5.75 Å². The molecule has 0 saturated carbocycles. The normalized spacial score (nSPS) is 12.4. The summed E-state index contributed by atoms with van der Waals surface area (Å²) in [5.41, 5.74) is 5.94. The molecular weight excluding hydrogens is 544 g/mol. The van der Waals surface area contributed by atoms with E-state index in [4.69, 9.17) is 26.1 Å². The third kappa shape index (κ3) is 5.59. The Labute approximate surface area is 242 Å². The minimum Gasteiger partial charge on any atom is -0.496 e. The van der Waals surface area contributed by atoms with E-state index < -0.39 is 17.7 Å². The fourth-order valence-electron chi connectivity index (χ4n) is 4.76. The van der Waals surface area contributed by atoms with Crippen molar-refractivity contribution in [3.05, 3.63) is 89.2 Å². The molecule has 0 aliphatic heterocycles. The Kier molecular flexibility index (Phi) is 7.64. The van der Waals surface area contributed by atoms with Crippen LogP contribution in [0.4, 0.5) is 0 Å². The number of hydrogen-bond donors (Lipinski definition) is 1. The molecule has 0 aliphatic rings. The molecule has 8 heteroatoms. The average Bonchev–Trinajstić information content (AvgIpc) is 3.35. The van der Waals surface area contributed by atoms with Gasteiger partial charge in [-0.15, -0.1) is 11.3 Å². The first-order chi connectivity index (χ1) is 19.1. The molecule has 0 bridgehead atoms. The Balaban J connectivity index is 1.74. The lowest BCUT2D eigenvalue weighted by molar-refractivity contribution is -0.160. The van der Waals surface area contributed by atoms with Crippen LogP contribution < -0.4 is 4.74 Å². The molecule has 1 atom stereocenters. The average molecular weight is 573 g/mol. The summed E-state index contributed by atoms with van der Waals surface area (Å²) in [4.78, 5) is 21.9. The fourth-order valence-corrected chi connectivity index (χ4v) is 6.01. The molecule has 2 heterocycles. The van der Waals surface area contributed by atoms with Crippen molar-refractivity contribution in [3.63, 3.8) is 0 Å². The second kappa shape index (κ2) is 11.0. The van der Waals surface area contributed by atoms with E-state index in [1.54, 1.807) is 19.5 Å². The number of pyridine rings is 1. The molecule has 0 amide bonds. The van der Waals surface area contributed by atoms with Gasteiger partial charge in [0.25, 0.3) is 0 Å². The number of carboxylic acids is 1. The number of carboxylic acid groups (broad SMARTS) is 1. The van der Waals surface area contributed by atoms with Gasteiger partial charge in [-0.1, -0.05) is 41.9 Å². The quantitative estimate of drug-likeness (QED) is 0.210. The first-order valence-corrected chi connectivity index (χ1v) is 13.9. The van der Waals surface area contributed by atoms with E-state index in [0.29, 0.717) is 10.6 Å². The van der Waals surface area contributed by atoms with E-state index in [0.717, 1.165) is 54.4 Å². The Morgan fingerprint density at radius 2 is 1.75 bits per heavy atom. The summed E-state index contributed by atoms with van der Waals surface area (Å²) >= 11 is 7.74. The minimum absolute atomic E-state index is 0.600. The zero-order valence-corrected chi connectivity index (χ0v) is 24.4. The highest BCUT2D eigenvalue weighted by Crippen LogP contribution is 2.45. The Hall–Kier alpha value is -3.78. The molecule has 1 unspecified atom stereocenters. The lowest BCUT2D eigenvalue weighted by Gasteiger charge is -2.28. The number of methoxy groups -OCH3 is 1. The lowest BCUT2D eigenvalue weighted by Crippen LogP contribution is -2.28. The second-order valence-corrected chi connectivity index (χ2v) is 11.9. The number of ether oxygens (including phenoxy) is 2. The molecule has 2 aromatic heterocycles. The van der Waals surface area contributed by atoms with Crippen LogP contribution in [0.1, 0.15) is 38.0 Å². The van der Waals surface area contributed by atoms with Gasteiger partial charge in [-0.2, -0.15) is 0 Å². The van der Waals surface area contributed by atoms with Crippen LogP contribution in [0.25, 0.3) is 43.0 Å². The number of thiazole rings is 1. The number of aromatic nitrogens is 2. The van der Waals surface area contributed by atoms with Crippen molar-refractivity contribution >= 4 is 39.1 Å². The van der Waals surface area contributed by atoms with E-state index in [2.05, 4.69) is 11.1 Å². The van der Waals surface area contributed by atoms with Crippen molar-refractivity contribution in [1.82, 2.24) is 9.97 Å². The number of aryl methyl sites for hydroxylation is 1. The van der Waals surface area contributed by atoms with Gasteiger partial charge in [0.05, 0.1) is 22.9 Å². The van der Waals surface area contributed by atoms with Gasteiger partial charge in [-0.05, 0) is 74.7 Å². The molecule has 0 aliphatic carbocycles. The Morgan fingerprint density at radius 3 is 2.42 bits per heavy atom. The molecule has 3 aromatic carbocycles. The van der Waals surface area contributed by atoms with Crippen LogP contribution in [-0.2, 0) is 9.53 Å². The zero-order valence-electron chi connectivity index (χ0n) is 22.9. The van der Waals surface area contributed by atoms with Crippen LogP contribution in [0, 0.1) is 6.92 Å². The summed E-state index contributed by atoms with van der Waals surface area (Å²) in [6.45, 7) is 7.47. The van der Waals surface area contributed by atoms with Crippen molar-refractivity contribution in [2.24, 2.45) is 0 Å². The number of hydrogen-bond acceptors (Lipinski definition) is 6. The molecule has 6 nitrogen and oxygen atoms in total. The van der Waals surface area contributed by atoms with Gasteiger partial charge in [-0.3, -0.25) is 4.98 Å². The summed E-state index contributed by atoms with van der Waals surface area (Å²) in [6.07, 6.45) is 2.32. The van der Waals surface area contributed by atoms with E-state index in [1.807, 2.05) is 82.3 Å². The highest BCUT2D eigenvalue weighted by Gasteiger charge is 2.32. The SMILES string of the molecule is COc1ccncc1-c1cccc(-c2nc3cc(C)c(C(OC(C)(C)C)C(=O)O)c(-c4ccc(Cl)cc4)c3s2)c1. The largest absolute Gasteiger partial charge is 0.496 e. The summed E-state index contributed by atoms with van der Waals surface area (Å²) in [5, 5.41) is 11.7. The van der Waals surface area contributed by atoms with E-state index >= 15 is 0 Å². The first-order valence-electron chi connectivity index (χ1n) is 12.7. The number of halogens is 1. The molecule has 0 spiro atoms. The van der Waals surface area contributed by atoms with E-state index in [1.165, 1.54) is 11.3 Å². The number of rotatable bonds is 7. The molecule has 5 rings (SSSR count). The number of carbonyl (C=O) groups is 1. The summed E-state index contributed by atoms with van der Waals surface area (Å²) in [5.74, 6) is -0.309. The molecular formula is C32H29ClN2O4S. The molecule has 0 fully saturated rings. The van der Waals surface area contributed by atoms with Gasteiger partial charge < -0.3 is 14.6 Å². The predicted molar refractivity (Wildman–Crippen MR) is 161 cm³/mol. The van der Waals surface area contributed by atoms with E-state index in [-0.39, 0.29) is 0 Å². The van der Waals surface area contributed by atoms with Gasteiger partial charge in [0.15, 0.2) is 6.10 Å². The van der Waals surface area contributed by atoms with Crippen LogP contribution >= 0.6 is 22.9 Å². The molecule has 40 heavy (non-hydrogen) atoms. The molecule has 0 radical (unpaired) electrons. The third-order valence-electron chi connectivity index (χ3n) is 6.44. The van der Waals surface area contributed by atoms with Crippen molar-refractivity contribution in [1.29, 1.82) is 0 Å². The van der Waals surface area contributed by atoms with Crippen LogP contribution in [-0.4, -0.2) is 33.8 Å². The first kappa shape index (κ1) is 27.8. The fraction of sp³-hybridized carbons (Fsp3) is 0.219. The number of aliphatic carboxylic acids is 1. The summed E-state index contributed by atoms with van der Waals surface area (Å²) in [7, 11) is 1.64. The van der Waals surface area contributed by atoms with Gasteiger partial charge in [-0.25, -0.2) is 9.78 Å². The topological polar surface area (TPSA) is 81.5 Å².